The molecule has 1 fully saturated rings. The molecule has 0 spiro atoms. The van der Waals surface area contributed by atoms with Gasteiger partial charge in [0, 0.05) is 24.5 Å². The summed E-state index contributed by atoms with van der Waals surface area (Å²) in [6.07, 6.45) is 1.07. The molecule has 4 heteroatoms. The van der Waals surface area contributed by atoms with E-state index < -0.39 is 0 Å². The highest BCUT2D eigenvalue weighted by Gasteiger charge is 2.20. The molecule has 0 unspecified atom stereocenters. The highest BCUT2D eigenvalue weighted by molar-refractivity contribution is 7.99. The Bertz CT molecular complexity index is 392. The van der Waals surface area contributed by atoms with E-state index in [1.165, 1.54) is 0 Å². The lowest BCUT2D eigenvalue weighted by Crippen LogP contribution is -2.33. The van der Waals surface area contributed by atoms with Crippen LogP contribution in [0, 0.1) is 6.92 Å². The highest BCUT2D eigenvalue weighted by Crippen LogP contribution is 2.20. The largest absolute Gasteiger partial charge is 0.398 e. The van der Waals surface area contributed by atoms with Gasteiger partial charge in [0.2, 0.25) is 0 Å². The van der Waals surface area contributed by atoms with Crippen molar-refractivity contribution in [2.75, 3.05) is 30.3 Å². The molecule has 2 rings (SSSR count). The van der Waals surface area contributed by atoms with Crippen LogP contribution in [0.2, 0.25) is 0 Å². The van der Waals surface area contributed by atoms with Crippen molar-refractivity contribution in [1.29, 1.82) is 0 Å². The monoisotopic (exact) mass is 250 g/mol. The minimum absolute atomic E-state index is 0.0862. The van der Waals surface area contributed by atoms with Gasteiger partial charge in [0.25, 0.3) is 5.91 Å². The van der Waals surface area contributed by atoms with Gasteiger partial charge in [-0.3, -0.25) is 4.79 Å². The molecule has 0 aliphatic carbocycles. The Kier molecular flexibility index (Phi) is 3.94. The topological polar surface area (TPSA) is 46.3 Å². The molecule has 1 aliphatic rings. The van der Waals surface area contributed by atoms with Gasteiger partial charge in [-0.15, -0.1) is 0 Å². The lowest BCUT2D eigenvalue weighted by molar-refractivity contribution is 0.0769. The van der Waals surface area contributed by atoms with Crippen molar-refractivity contribution in [3.05, 3.63) is 29.3 Å². The molecule has 3 nitrogen and oxygen atoms in total. The summed E-state index contributed by atoms with van der Waals surface area (Å²) in [4.78, 5) is 14.4. The third-order valence-corrected chi connectivity index (χ3v) is 4.08. The van der Waals surface area contributed by atoms with E-state index in [4.69, 9.17) is 5.73 Å². The third kappa shape index (κ3) is 2.75. The third-order valence-electron chi connectivity index (χ3n) is 3.03. The maximum Gasteiger partial charge on any atom is 0.256 e. The molecule has 1 saturated heterocycles. The molecule has 0 aromatic heterocycles. The number of hydrogen-bond donors (Lipinski definition) is 1. The number of rotatable bonds is 1. The average Bonchev–Trinajstić information content (AvgIpc) is 2.57. The van der Waals surface area contributed by atoms with Crippen LogP contribution in [0.3, 0.4) is 0 Å². The van der Waals surface area contributed by atoms with Crippen LogP contribution in [-0.4, -0.2) is 35.4 Å². The SMILES string of the molecule is Cc1cccc(N)c1C(=O)N1CCCSCC1. The minimum Gasteiger partial charge on any atom is -0.398 e. The minimum atomic E-state index is 0.0862. The first kappa shape index (κ1) is 12.3. The second kappa shape index (κ2) is 5.45. The molecule has 0 saturated carbocycles. The number of carbonyl (C=O) groups excluding carboxylic acids is 1. The van der Waals surface area contributed by atoms with Crippen LogP contribution in [0.1, 0.15) is 22.3 Å². The molecular weight excluding hydrogens is 232 g/mol. The fourth-order valence-corrected chi connectivity index (χ4v) is 2.98. The second-order valence-electron chi connectivity index (χ2n) is 4.30. The van der Waals surface area contributed by atoms with Crippen LogP contribution in [0.5, 0.6) is 0 Å². The average molecular weight is 250 g/mol. The van der Waals surface area contributed by atoms with E-state index in [-0.39, 0.29) is 5.91 Å². The molecule has 0 bridgehead atoms. The van der Waals surface area contributed by atoms with Crippen molar-refractivity contribution in [1.82, 2.24) is 4.90 Å². The lowest BCUT2D eigenvalue weighted by atomic mass is 10.1. The van der Waals surface area contributed by atoms with Crippen LogP contribution >= 0.6 is 11.8 Å². The standard InChI is InChI=1S/C13H18N2OS/c1-10-4-2-5-11(14)12(10)13(16)15-6-3-8-17-9-7-15/h2,4-5H,3,6-9,14H2,1H3. The number of carbonyl (C=O) groups is 1. The maximum atomic E-state index is 12.4. The Hall–Kier alpha value is -1.16. The summed E-state index contributed by atoms with van der Waals surface area (Å²) in [5.74, 6) is 2.26. The maximum absolute atomic E-state index is 12.4. The fourth-order valence-electron chi connectivity index (χ4n) is 2.09. The van der Waals surface area contributed by atoms with Gasteiger partial charge in [-0.1, -0.05) is 12.1 Å². The molecule has 0 radical (unpaired) electrons. The van der Waals surface area contributed by atoms with Crippen LogP contribution < -0.4 is 5.73 Å². The summed E-state index contributed by atoms with van der Waals surface area (Å²) >= 11 is 1.92. The Morgan fingerprint density at radius 2 is 2.18 bits per heavy atom. The van der Waals surface area contributed by atoms with E-state index in [2.05, 4.69) is 0 Å². The van der Waals surface area contributed by atoms with E-state index >= 15 is 0 Å². The Balaban J connectivity index is 2.23. The quantitative estimate of drug-likeness (QED) is 0.777. The zero-order valence-corrected chi connectivity index (χ0v) is 10.9. The van der Waals surface area contributed by atoms with Gasteiger partial charge in [0.1, 0.15) is 0 Å². The predicted molar refractivity (Wildman–Crippen MR) is 73.4 cm³/mol. The Morgan fingerprint density at radius 1 is 1.35 bits per heavy atom. The van der Waals surface area contributed by atoms with Crippen molar-refractivity contribution in [3.8, 4) is 0 Å². The fraction of sp³-hybridized carbons (Fsp3) is 0.462. The molecule has 17 heavy (non-hydrogen) atoms. The predicted octanol–water partition coefficient (Wildman–Crippen LogP) is 2.16. The number of nitrogen functional groups attached to an aromatic ring is 1. The zero-order chi connectivity index (χ0) is 12.3. The van der Waals surface area contributed by atoms with Crippen LogP contribution in [0.4, 0.5) is 5.69 Å². The number of anilines is 1. The smallest absolute Gasteiger partial charge is 0.256 e. The second-order valence-corrected chi connectivity index (χ2v) is 5.52. The van der Waals surface area contributed by atoms with Crippen molar-refractivity contribution in [2.45, 2.75) is 13.3 Å². The van der Waals surface area contributed by atoms with Crippen molar-refractivity contribution < 1.29 is 4.79 Å². The summed E-state index contributed by atoms with van der Waals surface area (Å²) in [5, 5.41) is 0. The number of thioether (sulfide) groups is 1. The highest BCUT2D eigenvalue weighted by atomic mass is 32.2. The summed E-state index contributed by atoms with van der Waals surface area (Å²) in [6.45, 7) is 3.62. The van der Waals surface area contributed by atoms with Crippen LogP contribution in [-0.2, 0) is 0 Å². The van der Waals surface area contributed by atoms with E-state index in [0.29, 0.717) is 11.3 Å². The first-order valence-electron chi connectivity index (χ1n) is 5.92. The number of nitrogens with zero attached hydrogens (tertiary/aromatic N) is 1. The molecule has 1 heterocycles. The molecule has 1 amide bonds. The van der Waals surface area contributed by atoms with E-state index in [0.717, 1.165) is 36.6 Å². The molecule has 0 atom stereocenters. The molecular formula is C13H18N2OS. The van der Waals surface area contributed by atoms with Gasteiger partial charge < -0.3 is 10.6 Å². The molecule has 1 aromatic rings. The Morgan fingerprint density at radius 3 is 2.94 bits per heavy atom. The van der Waals surface area contributed by atoms with Gasteiger partial charge >= 0.3 is 0 Å². The molecule has 92 valence electrons. The van der Waals surface area contributed by atoms with E-state index in [1.54, 1.807) is 6.07 Å². The van der Waals surface area contributed by atoms with Gasteiger partial charge in [0.05, 0.1) is 5.56 Å². The number of aryl methyl sites for hydroxylation is 1. The van der Waals surface area contributed by atoms with E-state index in [9.17, 15) is 4.79 Å². The summed E-state index contributed by atoms with van der Waals surface area (Å²) in [5.41, 5.74) is 8.15. The van der Waals surface area contributed by atoms with Crippen molar-refractivity contribution in [3.63, 3.8) is 0 Å². The first-order valence-corrected chi connectivity index (χ1v) is 7.07. The number of benzene rings is 1. The van der Waals surface area contributed by atoms with Gasteiger partial charge in [-0.25, -0.2) is 0 Å². The first-order chi connectivity index (χ1) is 8.20. The Labute approximate surface area is 106 Å². The van der Waals surface area contributed by atoms with E-state index in [1.807, 2.05) is 35.7 Å². The number of hydrogen-bond acceptors (Lipinski definition) is 3. The number of amides is 1. The lowest BCUT2D eigenvalue weighted by Gasteiger charge is -2.21. The normalized spacial score (nSPS) is 16.6. The van der Waals surface area contributed by atoms with Crippen LogP contribution in [0.25, 0.3) is 0 Å². The summed E-state index contributed by atoms with van der Waals surface area (Å²) in [6, 6.07) is 5.63. The zero-order valence-electron chi connectivity index (χ0n) is 10.1. The van der Waals surface area contributed by atoms with Gasteiger partial charge in [-0.2, -0.15) is 11.8 Å². The van der Waals surface area contributed by atoms with Crippen molar-refractivity contribution >= 4 is 23.4 Å². The van der Waals surface area contributed by atoms with Gasteiger partial charge in [-0.05, 0) is 30.7 Å². The van der Waals surface area contributed by atoms with Gasteiger partial charge in [0.15, 0.2) is 0 Å². The summed E-state index contributed by atoms with van der Waals surface area (Å²) < 4.78 is 0. The molecule has 1 aromatic carbocycles. The summed E-state index contributed by atoms with van der Waals surface area (Å²) in [7, 11) is 0. The van der Waals surface area contributed by atoms with Crippen LogP contribution in [0.15, 0.2) is 18.2 Å². The molecule has 1 aliphatic heterocycles. The number of nitrogens with two attached hydrogens (primary N) is 1. The van der Waals surface area contributed by atoms with Crippen molar-refractivity contribution in [2.24, 2.45) is 0 Å². The molecule has 2 N–H and O–H groups in total.